The van der Waals surface area contributed by atoms with Crippen molar-refractivity contribution in [3.05, 3.63) is 58.1 Å². The number of benzene rings is 2. The molecule has 1 aliphatic rings. The van der Waals surface area contributed by atoms with Crippen molar-refractivity contribution in [2.24, 2.45) is 0 Å². The highest BCUT2D eigenvalue weighted by molar-refractivity contribution is 9.10. The fourth-order valence-corrected chi connectivity index (χ4v) is 3.18. The molecule has 2 aromatic rings. The summed E-state index contributed by atoms with van der Waals surface area (Å²) in [5, 5.41) is 7.60. The number of hydrogen-bond acceptors (Lipinski definition) is 4. The first-order valence-electron chi connectivity index (χ1n) is 7.72. The van der Waals surface area contributed by atoms with Gasteiger partial charge in [0, 0.05) is 11.3 Å². The first-order valence-corrected chi connectivity index (χ1v) is 8.52. The lowest BCUT2D eigenvalue weighted by Crippen LogP contribution is -2.40. The van der Waals surface area contributed by atoms with Gasteiger partial charge in [-0.2, -0.15) is 0 Å². The lowest BCUT2D eigenvalue weighted by molar-refractivity contribution is -0.123. The van der Waals surface area contributed by atoms with Gasteiger partial charge >= 0.3 is 6.03 Å². The summed E-state index contributed by atoms with van der Waals surface area (Å²) in [5.41, 5.74) is 0.529. The third-order valence-corrected chi connectivity index (χ3v) is 4.80. The Bertz CT molecular complexity index is 898. The van der Waals surface area contributed by atoms with Crippen LogP contribution in [0.15, 0.2) is 46.9 Å². The van der Waals surface area contributed by atoms with Gasteiger partial charge in [0.15, 0.2) is 0 Å². The SMILES string of the molecule is COc1ccc(C(=O)Nc2ccc([C@]3(C)NC(=O)NC3=O)cc2)cc1Br. The van der Waals surface area contributed by atoms with Crippen LogP contribution >= 0.6 is 15.9 Å². The standard InChI is InChI=1S/C18H16BrN3O4/c1-18(16(24)21-17(25)22-18)11-4-6-12(7-5-11)20-15(23)10-3-8-14(26-2)13(19)9-10/h3-9H,1-2H3,(H,20,23)(H2,21,22,24,25)/t18-/m0/s1. The molecule has 0 aliphatic carbocycles. The second-order valence-electron chi connectivity index (χ2n) is 5.91. The first-order chi connectivity index (χ1) is 12.3. The Kier molecular flexibility index (Phi) is 4.69. The predicted molar refractivity (Wildman–Crippen MR) is 99.1 cm³/mol. The summed E-state index contributed by atoms with van der Waals surface area (Å²) < 4.78 is 5.82. The molecular formula is C18H16BrN3O4. The highest BCUT2D eigenvalue weighted by Crippen LogP contribution is 2.27. The Morgan fingerprint density at radius 2 is 1.85 bits per heavy atom. The number of rotatable bonds is 4. The first kappa shape index (κ1) is 17.9. The number of nitrogens with one attached hydrogen (secondary N) is 3. The molecule has 0 unspecified atom stereocenters. The van der Waals surface area contributed by atoms with E-state index in [1.807, 2.05) is 0 Å². The number of ether oxygens (including phenoxy) is 1. The number of amides is 4. The van der Waals surface area contributed by atoms with E-state index in [-0.39, 0.29) is 5.91 Å². The normalized spacial score (nSPS) is 18.9. The van der Waals surface area contributed by atoms with E-state index in [9.17, 15) is 14.4 Å². The smallest absolute Gasteiger partial charge is 0.322 e. The zero-order valence-electron chi connectivity index (χ0n) is 14.1. The lowest BCUT2D eigenvalue weighted by Gasteiger charge is -2.21. The van der Waals surface area contributed by atoms with E-state index in [2.05, 4.69) is 31.9 Å². The van der Waals surface area contributed by atoms with E-state index in [0.29, 0.717) is 27.0 Å². The number of imide groups is 1. The molecule has 0 spiro atoms. The van der Waals surface area contributed by atoms with Crippen molar-refractivity contribution in [2.75, 3.05) is 12.4 Å². The van der Waals surface area contributed by atoms with Gasteiger partial charge in [0.25, 0.3) is 11.8 Å². The van der Waals surface area contributed by atoms with Crippen LogP contribution < -0.4 is 20.7 Å². The molecule has 1 heterocycles. The van der Waals surface area contributed by atoms with Crippen LogP contribution in [0.2, 0.25) is 0 Å². The van der Waals surface area contributed by atoms with E-state index < -0.39 is 17.5 Å². The average molecular weight is 418 g/mol. The molecule has 2 aromatic carbocycles. The van der Waals surface area contributed by atoms with Crippen molar-refractivity contribution in [2.45, 2.75) is 12.5 Å². The maximum Gasteiger partial charge on any atom is 0.322 e. The average Bonchev–Trinajstić information content (AvgIpc) is 2.88. The van der Waals surface area contributed by atoms with Gasteiger partial charge in [-0.15, -0.1) is 0 Å². The zero-order chi connectivity index (χ0) is 18.9. The minimum atomic E-state index is -1.12. The van der Waals surface area contributed by atoms with Crippen LogP contribution in [0, 0.1) is 0 Å². The summed E-state index contributed by atoms with van der Waals surface area (Å²) in [6, 6.07) is 11.2. The zero-order valence-corrected chi connectivity index (χ0v) is 15.6. The van der Waals surface area contributed by atoms with Crippen LogP contribution in [-0.2, 0) is 10.3 Å². The number of carbonyl (C=O) groups excluding carboxylic acids is 3. The number of anilines is 1. The Morgan fingerprint density at radius 1 is 1.15 bits per heavy atom. The second kappa shape index (κ2) is 6.80. The number of urea groups is 1. The van der Waals surface area contributed by atoms with Gasteiger partial charge in [-0.3, -0.25) is 14.9 Å². The number of carbonyl (C=O) groups is 3. The molecule has 3 rings (SSSR count). The number of halogens is 1. The monoisotopic (exact) mass is 417 g/mol. The van der Waals surface area contributed by atoms with Crippen molar-refractivity contribution in [1.82, 2.24) is 10.6 Å². The van der Waals surface area contributed by atoms with E-state index in [1.54, 1.807) is 56.5 Å². The molecular weight excluding hydrogens is 402 g/mol. The topological polar surface area (TPSA) is 96.5 Å². The largest absolute Gasteiger partial charge is 0.496 e. The molecule has 1 atom stereocenters. The predicted octanol–water partition coefficient (Wildman–Crippen LogP) is 2.76. The third-order valence-electron chi connectivity index (χ3n) is 4.18. The van der Waals surface area contributed by atoms with Crippen molar-refractivity contribution in [3.63, 3.8) is 0 Å². The van der Waals surface area contributed by atoms with Crippen molar-refractivity contribution in [1.29, 1.82) is 0 Å². The van der Waals surface area contributed by atoms with E-state index in [4.69, 9.17) is 4.74 Å². The molecule has 0 aromatic heterocycles. The molecule has 8 heteroatoms. The van der Waals surface area contributed by atoms with E-state index in [0.717, 1.165) is 0 Å². The van der Waals surface area contributed by atoms with Gasteiger partial charge < -0.3 is 15.4 Å². The fourth-order valence-electron chi connectivity index (χ4n) is 2.64. The third kappa shape index (κ3) is 3.28. The molecule has 0 saturated carbocycles. The van der Waals surface area contributed by atoms with Crippen LogP contribution in [-0.4, -0.2) is 25.0 Å². The molecule has 0 bridgehead atoms. The van der Waals surface area contributed by atoms with Crippen molar-refractivity contribution in [3.8, 4) is 5.75 Å². The summed E-state index contributed by atoms with van der Waals surface area (Å²) >= 11 is 3.35. The molecule has 1 saturated heterocycles. The molecule has 1 fully saturated rings. The van der Waals surface area contributed by atoms with Gasteiger partial charge in [-0.05, 0) is 58.7 Å². The summed E-state index contributed by atoms with van der Waals surface area (Å²) in [4.78, 5) is 35.7. The Morgan fingerprint density at radius 3 is 2.38 bits per heavy atom. The van der Waals surface area contributed by atoms with Gasteiger partial charge in [0.2, 0.25) is 0 Å². The summed E-state index contributed by atoms with van der Waals surface area (Å²) in [6.07, 6.45) is 0. The maximum atomic E-state index is 12.4. The van der Waals surface area contributed by atoms with Crippen LogP contribution in [0.4, 0.5) is 10.5 Å². The van der Waals surface area contributed by atoms with Gasteiger partial charge in [-0.25, -0.2) is 4.79 Å². The van der Waals surface area contributed by atoms with Crippen molar-refractivity contribution >= 4 is 39.5 Å². The molecule has 0 radical (unpaired) electrons. The van der Waals surface area contributed by atoms with Crippen molar-refractivity contribution < 1.29 is 19.1 Å². The molecule has 4 amide bonds. The van der Waals surface area contributed by atoms with E-state index >= 15 is 0 Å². The van der Waals surface area contributed by atoms with Gasteiger partial charge in [0.05, 0.1) is 11.6 Å². The minimum absolute atomic E-state index is 0.278. The Labute approximate surface area is 158 Å². The quantitative estimate of drug-likeness (QED) is 0.666. The molecule has 7 nitrogen and oxygen atoms in total. The summed E-state index contributed by atoms with van der Waals surface area (Å²) in [6.45, 7) is 1.62. The molecule has 1 aliphatic heterocycles. The van der Waals surface area contributed by atoms with Crippen LogP contribution in [0.3, 0.4) is 0 Å². The molecule has 134 valence electrons. The Hall–Kier alpha value is -2.87. The maximum absolute atomic E-state index is 12.4. The molecule has 26 heavy (non-hydrogen) atoms. The minimum Gasteiger partial charge on any atom is -0.496 e. The van der Waals surface area contributed by atoms with Crippen LogP contribution in [0.5, 0.6) is 5.75 Å². The fraction of sp³-hybridized carbons (Fsp3) is 0.167. The number of hydrogen-bond donors (Lipinski definition) is 3. The van der Waals surface area contributed by atoms with Gasteiger partial charge in [0.1, 0.15) is 11.3 Å². The molecule has 3 N–H and O–H groups in total. The lowest BCUT2D eigenvalue weighted by atomic mass is 9.92. The highest BCUT2D eigenvalue weighted by atomic mass is 79.9. The summed E-state index contributed by atoms with van der Waals surface area (Å²) in [7, 11) is 1.55. The summed E-state index contributed by atoms with van der Waals surface area (Å²) in [5.74, 6) is -0.0578. The Balaban J connectivity index is 1.75. The van der Waals surface area contributed by atoms with E-state index in [1.165, 1.54) is 0 Å². The van der Waals surface area contributed by atoms with Crippen LogP contribution in [0.25, 0.3) is 0 Å². The highest BCUT2D eigenvalue weighted by Gasteiger charge is 2.43. The van der Waals surface area contributed by atoms with Crippen LogP contribution in [0.1, 0.15) is 22.8 Å². The number of methoxy groups -OCH3 is 1. The second-order valence-corrected chi connectivity index (χ2v) is 6.77. The van der Waals surface area contributed by atoms with Gasteiger partial charge in [-0.1, -0.05) is 12.1 Å².